The molecule has 0 spiro atoms. The van der Waals surface area contributed by atoms with Gasteiger partial charge in [-0.15, -0.1) is 0 Å². The van der Waals surface area contributed by atoms with Gasteiger partial charge in [0.05, 0.1) is 12.9 Å². The standard InChI is InChI=1S/C18H22BrN3O2/c1-22-12-20-11-17(22)15-10-16(15)21-18(23)4-2-3-9-24-14-7-5-13(19)6-8-14/h5-8,11-12,15-16H,2-4,9-10H2,1H3,(H,21,23)/t15-,16-/m1/s1. The molecule has 1 saturated carbocycles. The number of carbonyl (C=O) groups excluding carboxylic acids is 1. The number of nitrogens with zero attached hydrogens (tertiary/aromatic N) is 2. The van der Waals surface area contributed by atoms with Crippen LogP contribution in [-0.2, 0) is 11.8 Å². The third-order valence-electron chi connectivity index (χ3n) is 4.25. The molecule has 0 bridgehead atoms. The molecule has 1 N–H and O–H groups in total. The van der Waals surface area contributed by atoms with Crippen molar-refractivity contribution in [1.82, 2.24) is 14.9 Å². The van der Waals surface area contributed by atoms with Crippen molar-refractivity contribution >= 4 is 21.8 Å². The minimum Gasteiger partial charge on any atom is -0.494 e. The summed E-state index contributed by atoms with van der Waals surface area (Å²) < 4.78 is 8.72. The number of halogens is 1. The van der Waals surface area contributed by atoms with Gasteiger partial charge in [-0.2, -0.15) is 0 Å². The molecule has 5 nitrogen and oxygen atoms in total. The van der Waals surface area contributed by atoms with Crippen LogP contribution in [0.15, 0.2) is 41.3 Å². The van der Waals surface area contributed by atoms with Crippen LogP contribution in [-0.4, -0.2) is 28.1 Å². The quantitative estimate of drug-likeness (QED) is 0.701. The molecule has 1 heterocycles. The molecule has 6 heteroatoms. The first-order chi connectivity index (χ1) is 11.6. The highest BCUT2D eigenvalue weighted by molar-refractivity contribution is 9.10. The Labute approximate surface area is 150 Å². The van der Waals surface area contributed by atoms with E-state index >= 15 is 0 Å². The summed E-state index contributed by atoms with van der Waals surface area (Å²) >= 11 is 3.39. The number of rotatable bonds is 8. The number of aromatic nitrogens is 2. The van der Waals surface area contributed by atoms with Gasteiger partial charge >= 0.3 is 0 Å². The number of ether oxygens (including phenoxy) is 1. The Hall–Kier alpha value is -1.82. The van der Waals surface area contributed by atoms with Crippen LogP contribution < -0.4 is 10.1 Å². The van der Waals surface area contributed by atoms with Gasteiger partial charge in [0.25, 0.3) is 0 Å². The predicted molar refractivity (Wildman–Crippen MR) is 96.0 cm³/mol. The van der Waals surface area contributed by atoms with E-state index in [0.29, 0.717) is 18.9 Å². The second-order valence-corrected chi connectivity index (χ2v) is 7.12. The van der Waals surface area contributed by atoms with E-state index in [9.17, 15) is 4.79 Å². The summed E-state index contributed by atoms with van der Waals surface area (Å²) in [6, 6.07) is 8.05. The van der Waals surface area contributed by atoms with E-state index < -0.39 is 0 Å². The molecule has 1 aromatic heterocycles. The fourth-order valence-electron chi connectivity index (χ4n) is 2.79. The van der Waals surface area contributed by atoms with Crippen LogP contribution in [0, 0.1) is 0 Å². The largest absolute Gasteiger partial charge is 0.494 e. The molecule has 0 aliphatic heterocycles. The van der Waals surface area contributed by atoms with Gasteiger partial charge < -0.3 is 14.6 Å². The SMILES string of the molecule is Cn1cncc1[C@@H]1C[C@H]1NC(=O)CCCCOc1ccc(Br)cc1. The van der Waals surface area contributed by atoms with Crippen molar-refractivity contribution in [1.29, 1.82) is 0 Å². The zero-order valence-corrected chi connectivity index (χ0v) is 15.3. The number of nitrogens with one attached hydrogen (secondary N) is 1. The van der Waals surface area contributed by atoms with Crippen LogP contribution >= 0.6 is 15.9 Å². The van der Waals surface area contributed by atoms with Gasteiger partial charge in [0.15, 0.2) is 0 Å². The first-order valence-corrected chi connectivity index (χ1v) is 9.07. The highest BCUT2D eigenvalue weighted by Gasteiger charge is 2.41. The van der Waals surface area contributed by atoms with Gasteiger partial charge in [0.1, 0.15) is 5.75 Å². The third kappa shape index (κ3) is 4.60. The Morgan fingerprint density at radius 1 is 1.38 bits per heavy atom. The number of benzene rings is 1. The van der Waals surface area contributed by atoms with Gasteiger partial charge in [-0.1, -0.05) is 15.9 Å². The number of carbonyl (C=O) groups is 1. The second kappa shape index (κ2) is 7.83. The zero-order valence-electron chi connectivity index (χ0n) is 13.7. The number of hydrogen-bond acceptors (Lipinski definition) is 3. The lowest BCUT2D eigenvalue weighted by Crippen LogP contribution is -2.26. The lowest BCUT2D eigenvalue weighted by molar-refractivity contribution is -0.121. The van der Waals surface area contributed by atoms with Crippen LogP contribution in [0.4, 0.5) is 0 Å². The smallest absolute Gasteiger partial charge is 0.220 e. The second-order valence-electron chi connectivity index (χ2n) is 6.21. The molecule has 1 amide bonds. The van der Waals surface area contributed by atoms with E-state index in [2.05, 4.69) is 26.2 Å². The summed E-state index contributed by atoms with van der Waals surface area (Å²) in [5.74, 6) is 1.41. The Morgan fingerprint density at radius 2 is 2.17 bits per heavy atom. The maximum Gasteiger partial charge on any atom is 0.220 e. The van der Waals surface area contributed by atoms with E-state index in [4.69, 9.17) is 4.74 Å². The summed E-state index contributed by atoms with van der Waals surface area (Å²) in [5.41, 5.74) is 1.20. The average Bonchev–Trinajstić information content (AvgIpc) is 3.18. The maximum absolute atomic E-state index is 12.0. The third-order valence-corrected chi connectivity index (χ3v) is 4.78. The monoisotopic (exact) mass is 391 g/mol. The summed E-state index contributed by atoms with van der Waals surface area (Å²) in [5, 5.41) is 3.11. The molecular weight excluding hydrogens is 370 g/mol. The molecule has 1 aliphatic carbocycles. The van der Waals surface area contributed by atoms with Crippen LogP contribution in [0.1, 0.15) is 37.3 Å². The molecule has 128 valence electrons. The number of amides is 1. The first-order valence-electron chi connectivity index (χ1n) is 8.27. The lowest BCUT2D eigenvalue weighted by atomic mass is 10.2. The van der Waals surface area contributed by atoms with E-state index in [1.807, 2.05) is 42.1 Å². The van der Waals surface area contributed by atoms with Crippen molar-refractivity contribution in [3.8, 4) is 5.75 Å². The van der Waals surface area contributed by atoms with Crippen LogP contribution in [0.25, 0.3) is 0 Å². The van der Waals surface area contributed by atoms with E-state index in [1.54, 1.807) is 6.33 Å². The van der Waals surface area contributed by atoms with Crippen molar-refractivity contribution in [2.75, 3.05) is 6.61 Å². The van der Waals surface area contributed by atoms with Crippen molar-refractivity contribution in [3.63, 3.8) is 0 Å². The highest BCUT2D eigenvalue weighted by Crippen LogP contribution is 2.40. The van der Waals surface area contributed by atoms with Gasteiger partial charge in [-0.3, -0.25) is 4.79 Å². The molecule has 1 aliphatic rings. The minimum absolute atomic E-state index is 0.133. The fraction of sp³-hybridized carbons (Fsp3) is 0.444. The van der Waals surface area contributed by atoms with E-state index in [1.165, 1.54) is 5.69 Å². The fourth-order valence-corrected chi connectivity index (χ4v) is 3.06. The van der Waals surface area contributed by atoms with Gasteiger partial charge in [-0.05, 0) is 43.5 Å². The Kier molecular flexibility index (Phi) is 5.56. The Balaban J connectivity index is 1.28. The average molecular weight is 392 g/mol. The molecule has 2 atom stereocenters. The van der Waals surface area contributed by atoms with Crippen molar-refractivity contribution < 1.29 is 9.53 Å². The van der Waals surface area contributed by atoms with E-state index in [-0.39, 0.29) is 11.9 Å². The number of aryl methyl sites for hydroxylation is 1. The number of unbranched alkanes of at least 4 members (excludes halogenated alkanes) is 1. The van der Waals surface area contributed by atoms with Crippen LogP contribution in [0.5, 0.6) is 5.75 Å². The molecular formula is C18H22BrN3O2. The Bertz CT molecular complexity index is 684. The highest BCUT2D eigenvalue weighted by atomic mass is 79.9. The van der Waals surface area contributed by atoms with Gasteiger partial charge in [0.2, 0.25) is 5.91 Å². The molecule has 2 aromatic rings. The van der Waals surface area contributed by atoms with Crippen molar-refractivity contribution in [3.05, 3.63) is 47.0 Å². The number of hydrogen-bond donors (Lipinski definition) is 1. The summed E-state index contributed by atoms with van der Waals surface area (Å²) in [7, 11) is 1.99. The van der Waals surface area contributed by atoms with Crippen LogP contribution in [0.3, 0.4) is 0 Å². The van der Waals surface area contributed by atoms with Crippen molar-refractivity contribution in [2.24, 2.45) is 7.05 Å². The topological polar surface area (TPSA) is 56.2 Å². The normalized spacial score (nSPS) is 19.1. The molecule has 0 saturated heterocycles. The maximum atomic E-state index is 12.0. The Morgan fingerprint density at radius 3 is 2.88 bits per heavy atom. The van der Waals surface area contributed by atoms with Crippen molar-refractivity contribution in [2.45, 2.75) is 37.6 Å². The predicted octanol–water partition coefficient (Wildman–Crippen LogP) is 3.40. The molecule has 24 heavy (non-hydrogen) atoms. The minimum atomic E-state index is 0.133. The van der Waals surface area contributed by atoms with E-state index in [0.717, 1.165) is 29.5 Å². The summed E-state index contributed by atoms with van der Waals surface area (Å²) in [4.78, 5) is 16.1. The number of imidazole rings is 1. The first kappa shape index (κ1) is 17.0. The molecule has 0 radical (unpaired) electrons. The summed E-state index contributed by atoms with van der Waals surface area (Å²) in [6.45, 7) is 0.635. The van der Waals surface area contributed by atoms with Crippen LogP contribution in [0.2, 0.25) is 0 Å². The zero-order chi connectivity index (χ0) is 16.9. The lowest BCUT2D eigenvalue weighted by Gasteiger charge is -2.07. The molecule has 0 unspecified atom stereocenters. The summed E-state index contributed by atoms with van der Waals surface area (Å²) in [6.07, 6.45) is 6.97. The van der Waals surface area contributed by atoms with Gasteiger partial charge in [0, 0.05) is 41.8 Å². The molecule has 1 aromatic carbocycles. The molecule has 1 fully saturated rings. The molecule has 3 rings (SSSR count). The van der Waals surface area contributed by atoms with Gasteiger partial charge in [-0.25, -0.2) is 4.98 Å².